The van der Waals surface area contributed by atoms with Crippen molar-refractivity contribution in [2.24, 2.45) is 5.92 Å². The maximum absolute atomic E-state index is 12.6. The molecule has 128 valence electrons. The van der Waals surface area contributed by atoms with Crippen molar-refractivity contribution in [2.75, 3.05) is 33.3 Å². The number of methoxy groups -OCH3 is 1. The lowest BCUT2D eigenvalue weighted by Crippen LogP contribution is -2.50. The maximum Gasteiger partial charge on any atom is 0.254 e. The summed E-state index contributed by atoms with van der Waals surface area (Å²) in [5, 5.41) is 0. The molecule has 3 rings (SSSR count). The van der Waals surface area contributed by atoms with Crippen LogP contribution in [-0.2, 0) is 4.79 Å². The normalized spacial score (nSPS) is 20.3. The SMILES string of the molecule is COc1cccc(C(=O)N2CCN(C(=O)CC3C=CCC3)CC2)c1. The summed E-state index contributed by atoms with van der Waals surface area (Å²) in [6.45, 7) is 2.40. The van der Waals surface area contributed by atoms with Crippen LogP contribution in [0, 0.1) is 5.92 Å². The minimum absolute atomic E-state index is 0.000254. The minimum Gasteiger partial charge on any atom is -0.497 e. The Labute approximate surface area is 142 Å². The largest absolute Gasteiger partial charge is 0.497 e. The van der Waals surface area contributed by atoms with Gasteiger partial charge in [-0.05, 0) is 37.0 Å². The lowest BCUT2D eigenvalue weighted by molar-refractivity contribution is -0.133. The molecule has 2 amide bonds. The first kappa shape index (κ1) is 16.6. The number of allylic oxidation sites excluding steroid dienone is 2. The molecule has 0 N–H and O–H groups in total. The number of carbonyl (C=O) groups excluding carboxylic acids is 2. The van der Waals surface area contributed by atoms with Gasteiger partial charge in [0, 0.05) is 38.2 Å². The Hall–Kier alpha value is -2.30. The third-order valence-electron chi connectivity index (χ3n) is 4.79. The van der Waals surface area contributed by atoms with Crippen molar-refractivity contribution in [3.05, 3.63) is 42.0 Å². The summed E-state index contributed by atoms with van der Waals surface area (Å²) in [5.41, 5.74) is 0.630. The second kappa shape index (κ2) is 7.51. The van der Waals surface area contributed by atoms with Gasteiger partial charge in [-0.25, -0.2) is 0 Å². The highest BCUT2D eigenvalue weighted by Crippen LogP contribution is 2.22. The fourth-order valence-electron chi connectivity index (χ4n) is 3.32. The number of piperazine rings is 1. The van der Waals surface area contributed by atoms with Crippen LogP contribution in [0.15, 0.2) is 36.4 Å². The highest BCUT2D eigenvalue weighted by atomic mass is 16.5. The molecule has 0 aromatic heterocycles. The van der Waals surface area contributed by atoms with Gasteiger partial charge in [-0.15, -0.1) is 0 Å². The number of hydrogen-bond donors (Lipinski definition) is 0. The molecule has 2 aliphatic rings. The number of ether oxygens (including phenoxy) is 1. The van der Waals surface area contributed by atoms with Crippen molar-refractivity contribution in [1.82, 2.24) is 9.80 Å². The van der Waals surface area contributed by atoms with E-state index in [1.165, 1.54) is 0 Å². The van der Waals surface area contributed by atoms with E-state index in [1.807, 2.05) is 21.9 Å². The van der Waals surface area contributed by atoms with E-state index in [0.717, 1.165) is 12.8 Å². The average Bonchev–Trinajstić information content (AvgIpc) is 3.14. The van der Waals surface area contributed by atoms with Gasteiger partial charge >= 0.3 is 0 Å². The number of benzene rings is 1. The summed E-state index contributed by atoms with van der Waals surface area (Å²) < 4.78 is 5.17. The molecule has 1 fully saturated rings. The van der Waals surface area contributed by atoms with Crippen LogP contribution in [0.2, 0.25) is 0 Å². The third-order valence-corrected chi connectivity index (χ3v) is 4.79. The van der Waals surface area contributed by atoms with Gasteiger partial charge in [0.2, 0.25) is 5.91 Å². The number of amides is 2. The van der Waals surface area contributed by atoms with E-state index in [4.69, 9.17) is 4.74 Å². The summed E-state index contributed by atoms with van der Waals surface area (Å²) in [6.07, 6.45) is 7.07. The summed E-state index contributed by atoms with van der Waals surface area (Å²) in [7, 11) is 1.59. The van der Waals surface area contributed by atoms with Gasteiger partial charge in [-0.2, -0.15) is 0 Å². The average molecular weight is 328 g/mol. The summed E-state index contributed by atoms with van der Waals surface area (Å²) in [4.78, 5) is 28.6. The van der Waals surface area contributed by atoms with Crippen LogP contribution < -0.4 is 4.74 Å². The molecule has 0 saturated carbocycles. The second-order valence-electron chi connectivity index (χ2n) is 6.37. The van der Waals surface area contributed by atoms with Gasteiger partial charge in [-0.3, -0.25) is 9.59 Å². The molecule has 1 atom stereocenters. The van der Waals surface area contributed by atoms with Crippen LogP contribution >= 0.6 is 0 Å². The molecule has 24 heavy (non-hydrogen) atoms. The summed E-state index contributed by atoms with van der Waals surface area (Å²) in [5.74, 6) is 1.29. The van der Waals surface area contributed by atoms with Crippen LogP contribution in [-0.4, -0.2) is 54.9 Å². The molecule has 1 saturated heterocycles. The Morgan fingerprint density at radius 3 is 2.58 bits per heavy atom. The lowest BCUT2D eigenvalue weighted by Gasteiger charge is -2.35. The second-order valence-corrected chi connectivity index (χ2v) is 6.37. The van der Waals surface area contributed by atoms with Crippen LogP contribution in [0.3, 0.4) is 0 Å². The lowest BCUT2D eigenvalue weighted by atomic mass is 10.0. The first-order chi connectivity index (χ1) is 11.7. The molecule has 0 radical (unpaired) electrons. The zero-order valence-electron chi connectivity index (χ0n) is 14.1. The Kier molecular flexibility index (Phi) is 5.18. The van der Waals surface area contributed by atoms with Crippen LogP contribution in [0.1, 0.15) is 29.6 Å². The molecule has 5 heteroatoms. The van der Waals surface area contributed by atoms with Crippen molar-refractivity contribution < 1.29 is 14.3 Å². The van der Waals surface area contributed by atoms with Gasteiger partial charge in [0.25, 0.3) is 5.91 Å². The Morgan fingerprint density at radius 2 is 1.92 bits per heavy atom. The van der Waals surface area contributed by atoms with Crippen molar-refractivity contribution >= 4 is 11.8 Å². The van der Waals surface area contributed by atoms with E-state index in [9.17, 15) is 9.59 Å². The number of hydrogen-bond acceptors (Lipinski definition) is 3. The van der Waals surface area contributed by atoms with Crippen molar-refractivity contribution in [3.8, 4) is 5.75 Å². The van der Waals surface area contributed by atoms with Gasteiger partial charge in [0.05, 0.1) is 7.11 Å². The van der Waals surface area contributed by atoms with Crippen molar-refractivity contribution in [1.29, 1.82) is 0 Å². The predicted octanol–water partition coefficient (Wildman–Crippen LogP) is 2.34. The molecule has 1 aliphatic heterocycles. The molecule has 1 unspecified atom stereocenters. The van der Waals surface area contributed by atoms with Gasteiger partial charge in [0.15, 0.2) is 0 Å². The fraction of sp³-hybridized carbons (Fsp3) is 0.474. The smallest absolute Gasteiger partial charge is 0.254 e. The van der Waals surface area contributed by atoms with Crippen LogP contribution in [0.5, 0.6) is 5.75 Å². The van der Waals surface area contributed by atoms with E-state index < -0.39 is 0 Å². The monoisotopic (exact) mass is 328 g/mol. The maximum atomic E-state index is 12.6. The topological polar surface area (TPSA) is 49.9 Å². The van der Waals surface area contributed by atoms with Crippen molar-refractivity contribution in [2.45, 2.75) is 19.3 Å². The Bertz CT molecular complexity index is 633. The number of rotatable bonds is 4. The van der Waals surface area contributed by atoms with Gasteiger partial charge in [0.1, 0.15) is 5.75 Å². The number of nitrogens with zero attached hydrogens (tertiary/aromatic N) is 2. The molecular formula is C19H24N2O3. The van der Waals surface area contributed by atoms with Gasteiger partial charge < -0.3 is 14.5 Å². The fourth-order valence-corrected chi connectivity index (χ4v) is 3.32. The van der Waals surface area contributed by atoms with Crippen LogP contribution in [0.4, 0.5) is 0 Å². The summed E-state index contributed by atoms with van der Waals surface area (Å²) in [6, 6.07) is 7.20. The molecule has 0 spiro atoms. The molecule has 0 bridgehead atoms. The van der Waals surface area contributed by atoms with E-state index in [1.54, 1.807) is 19.2 Å². The molecule has 1 aliphatic carbocycles. The Balaban J connectivity index is 1.53. The third kappa shape index (κ3) is 3.78. The van der Waals surface area contributed by atoms with Crippen molar-refractivity contribution in [3.63, 3.8) is 0 Å². The molecular weight excluding hydrogens is 304 g/mol. The highest BCUT2D eigenvalue weighted by molar-refractivity contribution is 5.94. The standard InChI is InChI=1S/C19H24N2O3/c1-24-17-8-4-7-16(14-17)19(23)21-11-9-20(10-12-21)18(22)13-15-5-2-3-6-15/h2,4-5,7-8,14-15H,3,6,9-13H2,1H3. The highest BCUT2D eigenvalue weighted by Gasteiger charge is 2.26. The van der Waals surface area contributed by atoms with E-state index in [-0.39, 0.29) is 11.8 Å². The quantitative estimate of drug-likeness (QED) is 0.797. The van der Waals surface area contributed by atoms with E-state index >= 15 is 0 Å². The summed E-state index contributed by atoms with van der Waals surface area (Å²) >= 11 is 0. The minimum atomic E-state index is -0.000254. The van der Waals surface area contributed by atoms with E-state index in [2.05, 4.69) is 12.2 Å². The molecule has 1 aromatic carbocycles. The Morgan fingerprint density at radius 1 is 1.17 bits per heavy atom. The molecule has 1 heterocycles. The molecule has 5 nitrogen and oxygen atoms in total. The van der Waals surface area contributed by atoms with Crippen LogP contribution in [0.25, 0.3) is 0 Å². The zero-order chi connectivity index (χ0) is 16.9. The zero-order valence-corrected chi connectivity index (χ0v) is 14.1. The first-order valence-electron chi connectivity index (χ1n) is 8.55. The molecule has 1 aromatic rings. The predicted molar refractivity (Wildman–Crippen MR) is 92.0 cm³/mol. The number of carbonyl (C=O) groups is 2. The van der Waals surface area contributed by atoms with Gasteiger partial charge in [-0.1, -0.05) is 18.2 Å². The van der Waals surface area contributed by atoms with E-state index in [0.29, 0.717) is 49.8 Å². The first-order valence-corrected chi connectivity index (χ1v) is 8.55.